The van der Waals surface area contributed by atoms with Crippen LogP contribution in [0, 0.1) is 0 Å². The summed E-state index contributed by atoms with van der Waals surface area (Å²) in [5.74, 6) is -0.970. The highest BCUT2D eigenvalue weighted by atomic mass is 16.6. The van der Waals surface area contributed by atoms with Crippen LogP contribution in [-0.4, -0.2) is 18.0 Å². The van der Waals surface area contributed by atoms with Crippen molar-refractivity contribution in [2.75, 3.05) is 0 Å². The van der Waals surface area contributed by atoms with E-state index >= 15 is 0 Å². The third-order valence-corrected chi connectivity index (χ3v) is 1.64. The Bertz CT molecular complexity index is 334. The number of ether oxygens (including phenoxy) is 1. The van der Waals surface area contributed by atoms with Gasteiger partial charge in [-0.2, -0.15) is 0 Å². The zero-order chi connectivity index (χ0) is 10.6. The minimum atomic E-state index is -1.18. The minimum Gasteiger partial charge on any atom is -0.436 e. The Morgan fingerprint density at radius 1 is 1.29 bits per heavy atom. The number of hydrogen-bond donors (Lipinski definition) is 1. The number of esters is 1. The molecule has 1 aromatic rings. The molecule has 0 bridgehead atoms. The quantitative estimate of drug-likeness (QED) is 0.567. The van der Waals surface area contributed by atoms with Gasteiger partial charge in [0.05, 0.1) is 5.56 Å². The third kappa shape index (κ3) is 2.67. The van der Waals surface area contributed by atoms with Crippen molar-refractivity contribution in [3.05, 3.63) is 35.9 Å². The summed E-state index contributed by atoms with van der Waals surface area (Å²) in [6.07, 6.45) is -1.18. The van der Waals surface area contributed by atoms with Crippen LogP contribution in [0.3, 0.4) is 0 Å². The Morgan fingerprint density at radius 2 is 1.86 bits per heavy atom. The zero-order valence-electron chi connectivity index (χ0n) is 7.77. The smallest absolute Gasteiger partial charge is 0.340 e. The second-order valence-corrected chi connectivity index (χ2v) is 2.80. The molecule has 0 fully saturated rings. The van der Waals surface area contributed by atoms with Crippen molar-refractivity contribution in [2.24, 2.45) is 5.73 Å². The maximum absolute atomic E-state index is 11.3. The van der Waals surface area contributed by atoms with Gasteiger partial charge in [0.15, 0.2) is 5.78 Å². The van der Waals surface area contributed by atoms with Gasteiger partial charge in [0.2, 0.25) is 6.23 Å². The minimum absolute atomic E-state index is 0.379. The second-order valence-electron chi connectivity index (χ2n) is 2.80. The van der Waals surface area contributed by atoms with E-state index in [0.29, 0.717) is 5.56 Å². The highest BCUT2D eigenvalue weighted by Gasteiger charge is 2.14. The molecule has 0 saturated carbocycles. The molecule has 0 heterocycles. The van der Waals surface area contributed by atoms with Crippen LogP contribution >= 0.6 is 0 Å². The summed E-state index contributed by atoms with van der Waals surface area (Å²) >= 11 is 0. The average Bonchev–Trinajstić information content (AvgIpc) is 2.19. The summed E-state index contributed by atoms with van der Waals surface area (Å²) in [4.78, 5) is 22.0. The lowest BCUT2D eigenvalue weighted by Gasteiger charge is -2.09. The number of rotatable bonds is 3. The van der Waals surface area contributed by atoms with E-state index in [1.807, 2.05) is 0 Å². The summed E-state index contributed by atoms with van der Waals surface area (Å²) in [5, 5.41) is 0. The molecular formula is C10H11NO3. The van der Waals surface area contributed by atoms with Gasteiger partial charge in [0, 0.05) is 0 Å². The summed E-state index contributed by atoms with van der Waals surface area (Å²) in [6.45, 7) is 1.27. The first-order chi connectivity index (χ1) is 6.61. The number of benzene rings is 1. The third-order valence-electron chi connectivity index (χ3n) is 1.64. The Kier molecular flexibility index (Phi) is 3.36. The van der Waals surface area contributed by atoms with Crippen LogP contribution in [0.2, 0.25) is 0 Å². The van der Waals surface area contributed by atoms with E-state index in [4.69, 9.17) is 5.73 Å². The number of hydrogen-bond acceptors (Lipinski definition) is 4. The summed E-state index contributed by atoms with van der Waals surface area (Å²) in [6, 6.07) is 8.37. The van der Waals surface area contributed by atoms with Crippen LogP contribution in [0.5, 0.6) is 0 Å². The normalized spacial score (nSPS) is 11.9. The molecule has 1 rings (SSSR count). The molecule has 0 aliphatic heterocycles. The Labute approximate surface area is 81.7 Å². The summed E-state index contributed by atoms with van der Waals surface area (Å²) < 4.78 is 4.69. The Hall–Kier alpha value is -1.68. The van der Waals surface area contributed by atoms with E-state index in [1.54, 1.807) is 30.3 Å². The number of nitrogens with two attached hydrogens (primary N) is 1. The number of ketones is 1. The highest BCUT2D eigenvalue weighted by molar-refractivity contribution is 5.91. The van der Waals surface area contributed by atoms with Gasteiger partial charge in [-0.05, 0) is 19.1 Å². The molecule has 0 amide bonds. The van der Waals surface area contributed by atoms with Crippen LogP contribution in [0.4, 0.5) is 0 Å². The van der Waals surface area contributed by atoms with Crippen molar-refractivity contribution in [3.8, 4) is 0 Å². The first kappa shape index (κ1) is 10.4. The van der Waals surface area contributed by atoms with E-state index in [0.717, 1.165) is 0 Å². The molecule has 1 unspecified atom stereocenters. The van der Waals surface area contributed by atoms with E-state index in [2.05, 4.69) is 4.74 Å². The van der Waals surface area contributed by atoms with Gasteiger partial charge in [-0.25, -0.2) is 4.79 Å². The van der Waals surface area contributed by atoms with E-state index < -0.39 is 12.2 Å². The SMILES string of the molecule is CC(=O)C(N)OC(=O)c1ccccc1. The molecular weight excluding hydrogens is 182 g/mol. The van der Waals surface area contributed by atoms with E-state index in [1.165, 1.54) is 6.92 Å². The monoisotopic (exact) mass is 193 g/mol. The summed E-state index contributed by atoms with van der Waals surface area (Å²) in [7, 11) is 0. The zero-order valence-corrected chi connectivity index (χ0v) is 7.77. The standard InChI is InChI=1S/C10H11NO3/c1-7(12)9(11)14-10(13)8-5-3-2-4-6-8/h2-6,9H,11H2,1H3. The van der Waals surface area contributed by atoms with E-state index in [9.17, 15) is 9.59 Å². The van der Waals surface area contributed by atoms with Gasteiger partial charge in [0.1, 0.15) is 0 Å². The molecule has 0 spiro atoms. The first-order valence-corrected chi connectivity index (χ1v) is 4.13. The molecule has 74 valence electrons. The van der Waals surface area contributed by atoms with Gasteiger partial charge >= 0.3 is 5.97 Å². The highest BCUT2D eigenvalue weighted by Crippen LogP contribution is 2.02. The lowest BCUT2D eigenvalue weighted by atomic mass is 10.2. The fourth-order valence-corrected chi connectivity index (χ4v) is 0.841. The van der Waals surface area contributed by atoms with Gasteiger partial charge in [-0.1, -0.05) is 18.2 Å². The molecule has 0 aromatic heterocycles. The molecule has 4 heteroatoms. The molecule has 1 aromatic carbocycles. The molecule has 0 saturated heterocycles. The molecule has 4 nitrogen and oxygen atoms in total. The van der Waals surface area contributed by atoms with Crippen molar-refractivity contribution in [1.29, 1.82) is 0 Å². The molecule has 0 aliphatic carbocycles. The number of Topliss-reactive ketones (excluding diaryl/α,β-unsaturated/α-hetero) is 1. The largest absolute Gasteiger partial charge is 0.436 e. The van der Waals surface area contributed by atoms with Crippen molar-refractivity contribution in [1.82, 2.24) is 0 Å². The first-order valence-electron chi connectivity index (χ1n) is 4.13. The maximum Gasteiger partial charge on any atom is 0.340 e. The fourth-order valence-electron chi connectivity index (χ4n) is 0.841. The molecule has 0 aliphatic rings. The van der Waals surface area contributed by atoms with Crippen molar-refractivity contribution >= 4 is 11.8 Å². The summed E-state index contributed by atoms with van der Waals surface area (Å²) in [5.41, 5.74) is 5.64. The molecule has 0 radical (unpaired) electrons. The number of carbonyl (C=O) groups excluding carboxylic acids is 2. The van der Waals surface area contributed by atoms with Crippen LogP contribution < -0.4 is 5.73 Å². The topological polar surface area (TPSA) is 69.4 Å². The molecule has 2 N–H and O–H groups in total. The lowest BCUT2D eigenvalue weighted by Crippen LogP contribution is -2.33. The van der Waals surface area contributed by atoms with Crippen LogP contribution in [0.1, 0.15) is 17.3 Å². The van der Waals surface area contributed by atoms with Crippen molar-refractivity contribution < 1.29 is 14.3 Å². The molecule has 14 heavy (non-hydrogen) atoms. The lowest BCUT2D eigenvalue weighted by molar-refractivity contribution is -0.125. The average molecular weight is 193 g/mol. The number of carbonyl (C=O) groups is 2. The van der Waals surface area contributed by atoms with Crippen molar-refractivity contribution in [3.63, 3.8) is 0 Å². The fraction of sp³-hybridized carbons (Fsp3) is 0.200. The van der Waals surface area contributed by atoms with E-state index in [-0.39, 0.29) is 5.78 Å². The van der Waals surface area contributed by atoms with Crippen molar-refractivity contribution in [2.45, 2.75) is 13.2 Å². The predicted molar refractivity (Wildman–Crippen MR) is 50.5 cm³/mol. The van der Waals surface area contributed by atoms with Crippen LogP contribution in [0.15, 0.2) is 30.3 Å². The van der Waals surface area contributed by atoms with Gasteiger partial charge < -0.3 is 4.74 Å². The van der Waals surface area contributed by atoms with Crippen LogP contribution in [0.25, 0.3) is 0 Å². The predicted octanol–water partition coefficient (Wildman–Crippen LogP) is 0.717. The van der Waals surface area contributed by atoms with Crippen LogP contribution in [-0.2, 0) is 9.53 Å². The van der Waals surface area contributed by atoms with Gasteiger partial charge in [-0.3, -0.25) is 10.5 Å². The Morgan fingerprint density at radius 3 is 2.36 bits per heavy atom. The Balaban J connectivity index is 2.64. The maximum atomic E-state index is 11.3. The second kappa shape index (κ2) is 4.53. The van der Waals surface area contributed by atoms with Gasteiger partial charge in [-0.15, -0.1) is 0 Å². The molecule has 1 atom stereocenters. The van der Waals surface area contributed by atoms with Gasteiger partial charge in [0.25, 0.3) is 0 Å².